The van der Waals surface area contributed by atoms with Crippen molar-refractivity contribution in [2.24, 2.45) is 0 Å². The molecule has 1 aliphatic heterocycles. The van der Waals surface area contributed by atoms with Crippen LogP contribution in [-0.2, 0) is 24.3 Å². The van der Waals surface area contributed by atoms with Crippen molar-refractivity contribution in [1.29, 1.82) is 0 Å². The average Bonchev–Trinajstić information content (AvgIpc) is 3.13. The molecule has 0 saturated heterocycles. The summed E-state index contributed by atoms with van der Waals surface area (Å²) < 4.78 is 7.78. The Labute approximate surface area is 162 Å². The van der Waals surface area contributed by atoms with Gasteiger partial charge in [-0.15, -0.1) is 0 Å². The van der Waals surface area contributed by atoms with Crippen molar-refractivity contribution in [3.63, 3.8) is 0 Å². The van der Waals surface area contributed by atoms with Crippen LogP contribution in [0.25, 0.3) is 0 Å². The van der Waals surface area contributed by atoms with E-state index in [4.69, 9.17) is 16.3 Å². The minimum atomic E-state index is -0.218. The smallest absolute Gasteiger partial charge is 0.276 e. The Hall–Kier alpha value is -2.63. The van der Waals surface area contributed by atoms with Crippen LogP contribution >= 0.6 is 11.6 Å². The van der Waals surface area contributed by atoms with E-state index in [1.54, 1.807) is 6.07 Å². The minimum absolute atomic E-state index is 0.104. The van der Waals surface area contributed by atoms with E-state index < -0.39 is 0 Å². The summed E-state index contributed by atoms with van der Waals surface area (Å²) in [6, 6.07) is 17.2. The lowest BCUT2D eigenvalue weighted by atomic mass is 10.1. The molecule has 1 N–H and O–H groups in total. The monoisotopic (exact) mass is 381 g/mol. The first kappa shape index (κ1) is 17.8. The average molecular weight is 382 g/mol. The Morgan fingerprint density at radius 1 is 1.22 bits per heavy atom. The molecule has 1 aromatic heterocycles. The molecule has 0 spiro atoms. The summed E-state index contributed by atoms with van der Waals surface area (Å²) in [5, 5.41) is 8.06. The predicted molar refractivity (Wildman–Crippen MR) is 105 cm³/mol. The van der Waals surface area contributed by atoms with Gasteiger partial charge in [-0.05, 0) is 47.9 Å². The fraction of sp³-hybridized carbons (Fsp3) is 0.238. The first-order valence-electron chi connectivity index (χ1n) is 8.96. The molecular formula is C21H20ClN3O2. The van der Waals surface area contributed by atoms with Gasteiger partial charge in [0, 0.05) is 10.7 Å². The highest BCUT2D eigenvalue weighted by molar-refractivity contribution is 6.30. The number of aromatic nitrogens is 2. The molecule has 0 bridgehead atoms. The molecule has 0 saturated carbocycles. The number of rotatable bonds is 4. The van der Waals surface area contributed by atoms with E-state index in [9.17, 15) is 4.79 Å². The lowest BCUT2D eigenvalue weighted by Crippen LogP contribution is -2.22. The molecule has 0 radical (unpaired) electrons. The third-order valence-corrected chi connectivity index (χ3v) is 4.98. The molecule has 1 unspecified atom stereocenters. The van der Waals surface area contributed by atoms with Gasteiger partial charge in [0.2, 0.25) is 0 Å². The molecule has 0 aliphatic carbocycles. The van der Waals surface area contributed by atoms with Gasteiger partial charge in [-0.1, -0.05) is 42.8 Å². The number of carbonyl (C=O) groups is 1. The van der Waals surface area contributed by atoms with Crippen molar-refractivity contribution in [1.82, 2.24) is 9.78 Å². The van der Waals surface area contributed by atoms with Crippen LogP contribution in [-0.4, -0.2) is 15.7 Å². The van der Waals surface area contributed by atoms with E-state index in [1.165, 1.54) is 5.56 Å². The number of carbonyl (C=O) groups excluding carboxylic acids is 1. The highest BCUT2D eigenvalue weighted by Crippen LogP contribution is 2.27. The van der Waals surface area contributed by atoms with Gasteiger partial charge in [0.25, 0.3) is 5.91 Å². The second-order valence-electron chi connectivity index (χ2n) is 6.56. The molecule has 5 nitrogen and oxygen atoms in total. The van der Waals surface area contributed by atoms with Crippen LogP contribution < -0.4 is 5.32 Å². The Balaban J connectivity index is 1.47. The van der Waals surface area contributed by atoms with E-state index in [2.05, 4.69) is 17.3 Å². The largest absolute Gasteiger partial charge is 0.365 e. The summed E-state index contributed by atoms with van der Waals surface area (Å²) in [7, 11) is 0. The molecule has 1 amide bonds. The molecule has 1 aliphatic rings. The van der Waals surface area contributed by atoms with E-state index >= 15 is 0 Å². The van der Waals surface area contributed by atoms with Gasteiger partial charge in [0.05, 0.1) is 18.8 Å². The van der Waals surface area contributed by atoms with Crippen molar-refractivity contribution < 1.29 is 9.53 Å². The number of amides is 1. The van der Waals surface area contributed by atoms with Crippen molar-refractivity contribution in [2.45, 2.75) is 32.6 Å². The Bertz CT molecular complexity index is 949. The molecule has 27 heavy (non-hydrogen) atoms. The van der Waals surface area contributed by atoms with E-state index in [1.807, 2.05) is 53.2 Å². The van der Waals surface area contributed by atoms with Crippen LogP contribution in [0.15, 0.2) is 54.6 Å². The van der Waals surface area contributed by atoms with Crippen LogP contribution in [0.1, 0.15) is 40.3 Å². The number of halogens is 1. The fourth-order valence-corrected chi connectivity index (χ4v) is 3.26. The Morgan fingerprint density at radius 2 is 1.96 bits per heavy atom. The lowest BCUT2D eigenvalue weighted by Gasteiger charge is -2.24. The highest BCUT2D eigenvalue weighted by atomic mass is 35.5. The zero-order valence-corrected chi connectivity index (χ0v) is 15.7. The number of ether oxygens (including phenoxy) is 1. The van der Waals surface area contributed by atoms with Crippen molar-refractivity contribution >= 4 is 23.2 Å². The zero-order chi connectivity index (χ0) is 18.8. The first-order valence-corrected chi connectivity index (χ1v) is 9.34. The van der Waals surface area contributed by atoms with Gasteiger partial charge in [-0.25, -0.2) is 0 Å². The molecule has 3 aromatic rings. The number of hydrogen-bond donors (Lipinski definition) is 1. The van der Waals surface area contributed by atoms with Crippen molar-refractivity contribution in [3.8, 4) is 0 Å². The SMILES string of the molecule is CCc1ccc(NC(=O)c2cc3n(n2)CC(c2ccc(Cl)cc2)OC3)cc1. The second kappa shape index (κ2) is 7.55. The predicted octanol–water partition coefficient (Wildman–Crippen LogP) is 4.62. The fourth-order valence-electron chi connectivity index (χ4n) is 3.13. The summed E-state index contributed by atoms with van der Waals surface area (Å²) in [5.41, 5.74) is 4.33. The van der Waals surface area contributed by atoms with Gasteiger partial charge < -0.3 is 10.1 Å². The zero-order valence-electron chi connectivity index (χ0n) is 15.0. The van der Waals surface area contributed by atoms with Crippen molar-refractivity contribution in [2.75, 3.05) is 5.32 Å². The Morgan fingerprint density at radius 3 is 2.67 bits per heavy atom. The summed E-state index contributed by atoms with van der Waals surface area (Å²) in [6.45, 7) is 3.08. The van der Waals surface area contributed by atoms with Crippen LogP contribution in [0.5, 0.6) is 0 Å². The topological polar surface area (TPSA) is 56.2 Å². The lowest BCUT2D eigenvalue weighted by molar-refractivity contribution is -0.00118. The molecule has 6 heteroatoms. The molecule has 1 atom stereocenters. The second-order valence-corrected chi connectivity index (χ2v) is 7.00. The molecular weight excluding hydrogens is 362 g/mol. The summed E-state index contributed by atoms with van der Waals surface area (Å²) in [4.78, 5) is 12.5. The first-order chi connectivity index (χ1) is 13.1. The number of fused-ring (bicyclic) bond motifs is 1. The van der Waals surface area contributed by atoms with Crippen LogP contribution in [0.2, 0.25) is 5.02 Å². The maximum absolute atomic E-state index is 12.5. The molecule has 0 fully saturated rings. The minimum Gasteiger partial charge on any atom is -0.365 e. The highest BCUT2D eigenvalue weighted by Gasteiger charge is 2.24. The van der Waals surface area contributed by atoms with E-state index in [0.717, 1.165) is 23.4 Å². The van der Waals surface area contributed by atoms with E-state index in [0.29, 0.717) is 23.9 Å². The van der Waals surface area contributed by atoms with Gasteiger partial charge in [-0.2, -0.15) is 5.10 Å². The number of benzene rings is 2. The standard InChI is InChI=1S/C21H20ClN3O2/c1-2-14-3-9-17(10-4-14)23-21(26)19-11-18-13-27-20(12-25(18)24-19)15-5-7-16(22)8-6-15/h3-11,20H,2,12-13H2,1H3,(H,23,26). The number of anilines is 1. The molecule has 2 heterocycles. The van der Waals surface area contributed by atoms with Gasteiger partial charge in [0.1, 0.15) is 6.10 Å². The van der Waals surface area contributed by atoms with Crippen LogP contribution in [0, 0.1) is 0 Å². The molecule has 2 aromatic carbocycles. The maximum atomic E-state index is 12.5. The van der Waals surface area contributed by atoms with Gasteiger partial charge in [-0.3, -0.25) is 9.48 Å². The normalized spacial score (nSPS) is 16.0. The van der Waals surface area contributed by atoms with Gasteiger partial charge in [0.15, 0.2) is 5.69 Å². The number of hydrogen-bond acceptors (Lipinski definition) is 3. The maximum Gasteiger partial charge on any atom is 0.276 e. The summed E-state index contributed by atoms with van der Waals surface area (Å²) in [6.07, 6.45) is 0.865. The number of nitrogens with one attached hydrogen (secondary N) is 1. The number of aryl methyl sites for hydroxylation is 1. The van der Waals surface area contributed by atoms with E-state index in [-0.39, 0.29) is 12.0 Å². The van der Waals surface area contributed by atoms with Crippen LogP contribution in [0.4, 0.5) is 5.69 Å². The molecule has 138 valence electrons. The van der Waals surface area contributed by atoms with Crippen LogP contribution in [0.3, 0.4) is 0 Å². The molecule has 4 rings (SSSR count). The quantitative estimate of drug-likeness (QED) is 0.717. The summed E-state index contributed by atoms with van der Waals surface area (Å²) >= 11 is 5.95. The third kappa shape index (κ3) is 3.89. The van der Waals surface area contributed by atoms with Crippen molar-refractivity contribution in [3.05, 3.63) is 82.1 Å². The van der Waals surface area contributed by atoms with Gasteiger partial charge >= 0.3 is 0 Å². The Kier molecular flexibility index (Phi) is 4.97. The third-order valence-electron chi connectivity index (χ3n) is 4.73. The summed E-state index contributed by atoms with van der Waals surface area (Å²) in [5.74, 6) is -0.218. The number of nitrogens with zero attached hydrogens (tertiary/aromatic N) is 2.